The number of halogens is 1. The van der Waals surface area contributed by atoms with Gasteiger partial charge >= 0.3 is 5.91 Å². The first kappa shape index (κ1) is 19.1. The van der Waals surface area contributed by atoms with Crippen molar-refractivity contribution in [3.63, 3.8) is 0 Å². The first-order valence-corrected chi connectivity index (χ1v) is 9.37. The lowest BCUT2D eigenvalue weighted by molar-refractivity contribution is 0.0831. The zero-order chi connectivity index (χ0) is 20.1. The molecule has 0 fully saturated rings. The quantitative estimate of drug-likeness (QED) is 0.565. The van der Waals surface area contributed by atoms with Gasteiger partial charge in [-0.15, -0.1) is 0 Å². The van der Waals surface area contributed by atoms with E-state index in [1.54, 1.807) is 0 Å². The molecule has 8 nitrogen and oxygen atoms in total. The number of sulfonamides is 1. The summed E-state index contributed by atoms with van der Waals surface area (Å²) in [6.45, 7) is 0. The predicted octanol–water partition coefficient (Wildman–Crippen LogP) is 2.29. The fourth-order valence-corrected chi connectivity index (χ4v) is 3.32. The number of benzene rings is 2. The van der Waals surface area contributed by atoms with Crippen molar-refractivity contribution in [1.82, 2.24) is 10.9 Å². The molecule has 0 radical (unpaired) electrons. The van der Waals surface area contributed by atoms with Crippen molar-refractivity contribution in [2.75, 3.05) is 4.72 Å². The zero-order valence-electron chi connectivity index (χ0n) is 14.2. The predicted molar refractivity (Wildman–Crippen MR) is 97.3 cm³/mol. The molecule has 2 aromatic carbocycles. The van der Waals surface area contributed by atoms with Crippen LogP contribution < -0.4 is 15.6 Å². The summed E-state index contributed by atoms with van der Waals surface area (Å²) in [5, 5.41) is 0. The minimum atomic E-state index is -4.05. The van der Waals surface area contributed by atoms with Crippen molar-refractivity contribution in [3.8, 4) is 0 Å². The summed E-state index contributed by atoms with van der Waals surface area (Å²) in [7, 11) is -4.05. The van der Waals surface area contributed by atoms with Crippen LogP contribution >= 0.6 is 0 Å². The molecule has 0 unspecified atom stereocenters. The minimum absolute atomic E-state index is 0.00871. The van der Waals surface area contributed by atoms with Crippen molar-refractivity contribution < 1.29 is 26.8 Å². The number of carbonyl (C=O) groups excluding carboxylic acids is 2. The van der Waals surface area contributed by atoms with Crippen LogP contribution in [0.4, 0.5) is 10.1 Å². The van der Waals surface area contributed by atoms with Crippen LogP contribution in [0, 0.1) is 5.82 Å². The van der Waals surface area contributed by atoms with Crippen LogP contribution in [-0.2, 0) is 10.0 Å². The van der Waals surface area contributed by atoms with Crippen LogP contribution in [-0.4, -0.2) is 20.2 Å². The van der Waals surface area contributed by atoms with Crippen LogP contribution in [0.1, 0.15) is 20.9 Å². The van der Waals surface area contributed by atoms with Crippen LogP contribution in [0.25, 0.3) is 0 Å². The molecule has 0 saturated carbocycles. The molecule has 1 aromatic heterocycles. The summed E-state index contributed by atoms with van der Waals surface area (Å²) >= 11 is 0. The van der Waals surface area contributed by atoms with Crippen molar-refractivity contribution in [2.24, 2.45) is 0 Å². The third-order valence-electron chi connectivity index (χ3n) is 3.57. The normalized spacial score (nSPS) is 10.9. The van der Waals surface area contributed by atoms with Gasteiger partial charge in [0, 0.05) is 0 Å². The number of amides is 2. The third kappa shape index (κ3) is 4.35. The van der Waals surface area contributed by atoms with Crippen LogP contribution in [0.15, 0.2) is 76.2 Å². The van der Waals surface area contributed by atoms with E-state index in [1.165, 1.54) is 42.7 Å². The topological polar surface area (TPSA) is 118 Å². The Morgan fingerprint density at radius 2 is 1.54 bits per heavy atom. The second-order valence-electron chi connectivity index (χ2n) is 5.49. The molecule has 0 aliphatic heterocycles. The average molecular weight is 403 g/mol. The van der Waals surface area contributed by atoms with Crippen LogP contribution in [0.3, 0.4) is 0 Å². The van der Waals surface area contributed by atoms with Crippen molar-refractivity contribution >= 4 is 27.5 Å². The molecule has 0 atom stereocenters. The molecule has 144 valence electrons. The Labute approximate surface area is 159 Å². The van der Waals surface area contributed by atoms with Crippen LogP contribution in [0.5, 0.6) is 0 Å². The van der Waals surface area contributed by atoms with Gasteiger partial charge in [0.05, 0.1) is 22.4 Å². The monoisotopic (exact) mass is 403 g/mol. The van der Waals surface area contributed by atoms with Gasteiger partial charge in [-0.1, -0.05) is 12.1 Å². The fraction of sp³-hybridized carbons (Fsp3) is 0. The van der Waals surface area contributed by atoms with E-state index in [-0.39, 0.29) is 21.9 Å². The van der Waals surface area contributed by atoms with Gasteiger partial charge < -0.3 is 4.42 Å². The highest BCUT2D eigenvalue weighted by molar-refractivity contribution is 7.92. The molecular weight excluding hydrogens is 389 g/mol. The van der Waals surface area contributed by atoms with Gasteiger partial charge in [0.15, 0.2) is 5.76 Å². The maximum atomic E-state index is 13.0. The van der Waals surface area contributed by atoms with E-state index >= 15 is 0 Å². The maximum absolute atomic E-state index is 13.0. The van der Waals surface area contributed by atoms with Gasteiger partial charge in [0.25, 0.3) is 15.9 Å². The zero-order valence-corrected chi connectivity index (χ0v) is 15.0. The fourth-order valence-electron chi connectivity index (χ4n) is 2.24. The highest BCUT2D eigenvalue weighted by Gasteiger charge is 2.19. The van der Waals surface area contributed by atoms with E-state index in [4.69, 9.17) is 4.42 Å². The van der Waals surface area contributed by atoms with Gasteiger partial charge in [-0.05, 0) is 48.5 Å². The maximum Gasteiger partial charge on any atom is 0.305 e. The second kappa shape index (κ2) is 7.92. The smallest absolute Gasteiger partial charge is 0.305 e. The number of nitrogens with one attached hydrogen (secondary N) is 3. The summed E-state index contributed by atoms with van der Waals surface area (Å²) in [6, 6.07) is 13.0. The highest BCUT2D eigenvalue weighted by atomic mass is 32.2. The molecule has 0 aliphatic rings. The van der Waals surface area contributed by atoms with Gasteiger partial charge in [-0.25, -0.2) is 12.8 Å². The number of carbonyl (C=O) groups is 2. The Hall–Kier alpha value is -3.66. The Bertz CT molecular complexity index is 1100. The Morgan fingerprint density at radius 3 is 2.21 bits per heavy atom. The molecule has 1 heterocycles. The van der Waals surface area contributed by atoms with Gasteiger partial charge in [-0.2, -0.15) is 0 Å². The first-order chi connectivity index (χ1) is 13.4. The van der Waals surface area contributed by atoms with Crippen molar-refractivity contribution in [2.45, 2.75) is 4.90 Å². The molecule has 0 spiro atoms. The molecule has 3 aromatic rings. The van der Waals surface area contributed by atoms with E-state index < -0.39 is 27.7 Å². The SMILES string of the molecule is O=C(NNC(=O)c1ccccc1NS(=O)(=O)c1ccc(F)cc1)c1ccco1. The number of hydrogen-bond donors (Lipinski definition) is 3. The van der Waals surface area contributed by atoms with Gasteiger partial charge in [0.2, 0.25) is 0 Å². The second-order valence-corrected chi connectivity index (χ2v) is 7.17. The lowest BCUT2D eigenvalue weighted by Crippen LogP contribution is -2.41. The number of rotatable bonds is 5. The summed E-state index contributed by atoms with van der Waals surface area (Å²) < 4.78 is 45.1. The van der Waals surface area contributed by atoms with Crippen molar-refractivity contribution in [3.05, 3.63) is 84.1 Å². The molecule has 10 heteroatoms. The Kier molecular flexibility index (Phi) is 5.41. The van der Waals surface area contributed by atoms with Crippen LogP contribution in [0.2, 0.25) is 0 Å². The van der Waals surface area contributed by atoms with E-state index in [2.05, 4.69) is 15.6 Å². The molecule has 28 heavy (non-hydrogen) atoms. The summed E-state index contributed by atoms with van der Waals surface area (Å²) in [4.78, 5) is 24.0. The number of anilines is 1. The molecule has 0 saturated heterocycles. The molecule has 0 bridgehead atoms. The van der Waals surface area contributed by atoms with E-state index in [0.29, 0.717) is 0 Å². The first-order valence-electron chi connectivity index (χ1n) is 7.88. The lowest BCUT2D eigenvalue weighted by atomic mass is 10.2. The largest absolute Gasteiger partial charge is 0.459 e. The standard InChI is InChI=1S/C18H14FN3O5S/c19-12-7-9-13(10-8-12)28(25,26)22-15-5-2-1-4-14(15)17(23)20-21-18(24)16-6-3-11-27-16/h1-11,22H,(H,20,23)(H,21,24). The number of para-hydroxylation sites is 1. The summed E-state index contributed by atoms with van der Waals surface area (Å²) in [6.07, 6.45) is 1.30. The van der Waals surface area contributed by atoms with E-state index in [1.807, 2.05) is 0 Å². The molecule has 3 rings (SSSR count). The van der Waals surface area contributed by atoms with E-state index in [9.17, 15) is 22.4 Å². The number of furan rings is 1. The molecule has 3 N–H and O–H groups in total. The van der Waals surface area contributed by atoms with Crippen molar-refractivity contribution in [1.29, 1.82) is 0 Å². The summed E-state index contributed by atoms with van der Waals surface area (Å²) in [5.41, 5.74) is 4.29. The average Bonchev–Trinajstić information content (AvgIpc) is 3.21. The van der Waals surface area contributed by atoms with E-state index in [0.717, 1.165) is 24.3 Å². The number of hydrazine groups is 1. The van der Waals surface area contributed by atoms with Gasteiger partial charge in [-0.3, -0.25) is 25.2 Å². The number of hydrogen-bond acceptors (Lipinski definition) is 5. The third-order valence-corrected chi connectivity index (χ3v) is 4.96. The molecular formula is C18H14FN3O5S. The molecule has 0 aliphatic carbocycles. The highest BCUT2D eigenvalue weighted by Crippen LogP contribution is 2.20. The molecule has 2 amide bonds. The van der Waals surface area contributed by atoms with Gasteiger partial charge in [0.1, 0.15) is 5.82 Å². The minimum Gasteiger partial charge on any atom is -0.459 e. The summed E-state index contributed by atoms with van der Waals surface area (Å²) in [5.74, 6) is -2.02. The lowest BCUT2D eigenvalue weighted by Gasteiger charge is -2.13. The Balaban J connectivity index is 1.76. The Morgan fingerprint density at radius 1 is 0.857 bits per heavy atom.